The molecule has 344 valence electrons. The molecule has 1 unspecified atom stereocenters. The van der Waals surface area contributed by atoms with E-state index in [1.165, 1.54) is 116 Å². The number of benzene rings is 11. The van der Waals surface area contributed by atoms with Crippen LogP contribution in [0.1, 0.15) is 10.9 Å². The Morgan fingerprint density at radius 3 is 1.38 bits per heavy atom. The average Bonchev–Trinajstić information content (AvgIpc) is 4.21. The first-order valence-corrected chi connectivity index (χ1v) is 25.9. The number of rotatable bonds is 7. The van der Waals surface area contributed by atoms with Crippen LogP contribution in [0.3, 0.4) is 0 Å². The lowest BCUT2D eigenvalue weighted by Gasteiger charge is -2.24. The SMILES string of the molecule is CN1c2c(-c3ccc(-c4ccc5c(c4)c4ccccc4n5-c4ccccc4)cc3)ccc(-c3ccc(-c4ccc5c(c4)c4ccccc4n5-c4ccccc4)cc3)c2SC1c1ccc2oc3ccccc3c2c1. The van der Waals surface area contributed by atoms with Gasteiger partial charge in [0.25, 0.3) is 0 Å². The zero-order valence-corrected chi connectivity index (χ0v) is 40.7. The Morgan fingerprint density at radius 1 is 0.342 bits per heavy atom. The van der Waals surface area contributed by atoms with Crippen LogP contribution in [0.25, 0.3) is 121 Å². The molecule has 0 amide bonds. The maximum absolute atomic E-state index is 6.29. The second-order valence-electron chi connectivity index (χ2n) is 19.3. The number of para-hydroxylation sites is 5. The molecule has 73 heavy (non-hydrogen) atoms. The molecule has 5 heteroatoms. The van der Waals surface area contributed by atoms with Crippen molar-refractivity contribution in [2.24, 2.45) is 0 Å². The smallest absolute Gasteiger partial charge is 0.135 e. The maximum atomic E-state index is 6.29. The minimum atomic E-state index is 0.0565. The fourth-order valence-corrected chi connectivity index (χ4v) is 13.1. The summed E-state index contributed by atoms with van der Waals surface area (Å²) < 4.78 is 11.0. The highest BCUT2D eigenvalue weighted by Gasteiger charge is 2.34. The zero-order valence-electron chi connectivity index (χ0n) is 39.9. The summed E-state index contributed by atoms with van der Waals surface area (Å²) in [6.45, 7) is 0. The topological polar surface area (TPSA) is 26.2 Å². The van der Waals surface area contributed by atoms with Crippen LogP contribution in [0, 0.1) is 0 Å². The van der Waals surface area contributed by atoms with Crippen molar-refractivity contribution in [2.75, 3.05) is 11.9 Å². The predicted octanol–water partition coefficient (Wildman–Crippen LogP) is 18.7. The van der Waals surface area contributed by atoms with E-state index in [4.69, 9.17) is 4.42 Å². The first-order valence-electron chi connectivity index (χ1n) is 25.0. The van der Waals surface area contributed by atoms with Gasteiger partial charge < -0.3 is 18.5 Å². The second kappa shape index (κ2) is 16.5. The van der Waals surface area contributed by atoms with Gasteiger partial charge in [-0.15, -0.1) is 0 Å². The van der Waals surface area contributed by atoms with Gasteiger partial charge in [0.1, 0.15) is 16.5 Å². The van der Waals surface area contributed by atoms with Gasteiger partial charge in [0.2, 0.25) is 0 Å². The number of aromatic nitrogens is 2. The van der Waals surface area contributed by atoms with Crippen molar-refractivity contribution in [2.45, 2.75) is 10.3 Å². The lowest BCUT2D eigenvalue weighted by molar-refractivity contribution is 0.668. The number of furan rings is 1. The molecule has 1 aliphatic rings. The Morgan fingerprint density at radius 2 is 0.795 bits per heavy atom. The fourth-order valence-electron chi connectivity index (χ4n) is 11.7. The van der Waals surface area contributed by atoms with Crippen LogP contribution < -0.4 is 4.90 Å². The number of anilines is 1. The molecular formula is C68H45N3OS. The van der Waals surface area contributed by atoms with Gasteiger partial charge in [-0.25, -0.2) is 0 Å². The lowest BCUT2D eigenvalue weighted by Crippen LogP contribution is -2.17. The molecule has 0 fully saturated rings. The number of thioether (sulfide) groups is 1. The molecule has 0 radical (unpaired) electrons. The maximum Gasteiger partial charge on any atom is 0.135 e. The normalized spacial score (nSPS) is 13.6. The van der Waals surface area contributed by atoms with E-state index in [0.29, 0.717) is 0 Å². The first kappa shape index (κ1) is 41.7. The third-order valence-electron chi connectivity index (χ3n) is 15.2. The summed E-state index contributed by atoms with van der Waals surface area (Å²) in [7, 11) is 2.26. The molecule has 4 nitrogen and oxygen atoms in total. The number of hydrogen-bond acceptors (Lipinski definition) is 3. The molecule has 11 aromatic carbocycles. The summed E-state index contributed by atoms with van der Waals surface area (Å²) >= 11 is 1.94. The van der Waals surface area contributed by atoms with Crippen molar-refractivity contribution in [3.63, 3.8) is 0 Å². The van der Waals surface area contributed by atoms with Gasteiger partial charge in [-0.05, 0) is 123 Å². The summed E-state index contributed by atoms with van der Waals surface area (Å²) in [6.07, 6.45) is 0. The molecule has 0 aliphatic carbocycles. The van der Waals surface area contributed by atoms with Gasteiger partial charge in [0.05, 0.1) is 27.8 Å². The first-order chi connectivity index (χ1) is 36.1. The van der Waals surface area contributed by atoms with Crippen LogP contribution in [0.2, 0.25) is 0 Å². The molecule has 15 rings (SSSR count). The van der Waals surface area contributed by atoms with Gasteiger partial charge in [0, 0.05) is 61.2 Å². The Bertz CT molecular complexity index is 4470. The monoisotopic (exact) mass is 951 g/mol. The van der Waals surface area contributed by atoms with Crippen molar-refractivity contribution in [1.29, 1.82) is 0 Å². The highest BCUT2D eigenvalue weighted by atomic mass is 32.2. The molecular weight excluding hydrogens is 907 g/mol. The second-order valence-corrected chi connectivity index (χ2v) is 20.4. The van der Waals surface area contributed by atoms with E-state index in [-0.39, 0.29) is 5.37 Å². The highest BCUT2D eigenvalue weighted by Crippen LogP contribution is 2.58. The Kier molecular flexibility index (Phi) is 9.45. The third-order valence-corrected chi connectivity index (χ3v) is 16.6. The van der Waals surface area contributed by atoms with Crippen LogP contribution in [-0.4, -0.2) is 16.2 Å². The van der Waals surface area contributed by atoms with E-state index in [2.05, 4.69) is 264 Å². The summed E-state index contributed by atoms with van der Waals surface area (Å²) in [5, 5.41) is 7.36. The van der Waals surface area contributed by atoms with Crippen molar-refractivity contribution >= 4 is 83.0 Å². The van der Waals surface area contributed by atoms with Crippen LogP contribution in [0.15, 0.2) is 258 Å². The molecule has 3 aromatic heterocycles. The van der Waals surface area contributed by atoms with Crippen LogP contribution >= 0.6 is 11.8 Å². The van der Waals surface area contributed by atoms with Crippen LogP contribution in [0.5, 0.6) is 0 Å². The largest absolute Gasteiger partial charge is 0.456 e. The highest BCUT2D eigenvalue weighted by molar-refractivity contribution is 8.00. The summed E-state index contributed by atoms with van der Waals surface area (Å²) in [5.41, 5.74) is 21.1. The van der Waals surface area contributed by atoms with Gasteiger partial charge >= 0.3 is 0 Å². The number of nitrogens with zero attached hydrogens (tertiary/aromatic N) is 3. The van der Waals surface area contributed by atoms with Gasteiger partial charge in [0.15, 0.2) is 0 Å². The van der Waals surface area contributed by atoms with E-state index >= 15 is 0 Å². The van der Waals surface area contributed by atoms with E-state index in [0.717, 1.165) is 21.9 Å². The molecule has 0 saturated carbocycles. The van der Waals surface area contributed by atoms with E-state index in [1.807, 2.05) is 17.8 Å². The molecule has 0 bridgehead atoms. The van der Waals surface area contributed by atoms with Crippen molar-refractivity contribution < 1.29 is 4.42 Å². The standard InChI is InChI=1S/C68H45N3OS/c1-69-66-52(45-28-24-43(25-29-45)47-32-37-62-57(40-47)54-18-8-11-21-60(54)70(62)50-14-4-2-5-15-50)35-36-53(67(66)73-68(69)49-34-39-65-59(42-49)56-20-10-13-23-64(56)72-65)46-30-26-44(27-31-46)48-33-38-63-58(41-48)55-19-9-12-22-61(55)71(63)51-16-6-3-7-17-51/h2-42,68H,1H3. The fraction of sp³-hybridized carbons (Fsp3) is 0.0294. The molecule has 4 heterocycles. The Balaban J connectivity index is 0.813. The number of fused-ring (bicyclic) bond motifs is 10. The van der Waals surface area contributed by atoms with Crippen molar-refractivity contribution in [3.05, 3.63) is 254 Å². The Labute approximate surface area is 426 Å². The predicted molar refractivity (Wildman–Crippen MR) is 308 cm³/mol. The molecule has 0 saturated heterocycles. The van der Waals surface area contributed by atoms with Crippen molar-refractivity contribution in [1.82, 2.24) is 9.13 Å². The summed E-state index contributed by atoms with van der Waals surface area (Å²) in [4.78, 5) is 3.77. The minimum Gasteiger partial charge on any atom is -0.456 e. The molecule has 0 spiro atoms. The van der Waals surface area contributed by atoms with Gasteiger partial charge in [-0.2, -0.15) is 0 Å². The summed E-state index contributed by atoms with van der Waals surface area (Å²) in [5.74, 6) is 0. The third kappa shape index (κ3) is 6.63. The molecule has 0 N–H and O–H groups in total. The average molecular weight is 952 g/mol. The van der Waals surface area contributed by atoms with Gasteiger partial charge in [-0.3, -0.25) is 0 Å². The molecule has 14 aromatic rings. The van der Waals surface area contributed by atoms with E-state index in [9.17, 15) is 0 Å². The van der Waals surface area contributed by atoms with E-state index in [1.54, 1.807) is 0 Å². The van der Waals surface area contributed by atoms with Crippen LogP contribution in [0.4, 0.5) is 5.69 Å². The van der Waals surface area contributed by atoms with Crippen molar-refractivity contribution in [3.8, 4) is 55.9 Å². The number of hydrogen-bond donors (Lipinski definition) is 0. The van der Waals surface area contributed by atoms with E-state index < -0.39 is 0 Å². The quantitative estimate of drug-likeness (QED) is 0.159. The zero-order chi connectivity index (χ0) is 48.1. The molecule has 1 aliphatic heterocycles. The Hall–Kier alpha value is -9.03. The minimum absolute atomic E-state index is 0.0565. The lowest BCUT2D eigenvalue weighted by atomic mass is 9.94. The van der Waals surface area contributed by atoms with Gasteiger partial charge in [-0.1, -0.05) is 182 Å². The molecule has 1 atom stereocenters. The summed E-state index contributed by atoms with van der Waals surface area (Å²) in [6, 6.07) is 90.8. The van der Waals surface area contributed by atoms with Crippen LogP contribution in [-0.2, 0) is 0 Å².